The Morgan fingerprint density at radius 2 is 2.18 bits per heavy atom. The summed E-state index contributed by atoms with van der Waals surface area (Å²) < 4.78 is 4.20. The molecule has 0 aromatic carbocycles. The van der Waals surface area contributed by atoms with Crippen LogP contribution in [-0.4, -0.2) is 27.8 Å². The fourth-order valence-corrected chi connectivity index (χ4v) is 0.512. The first-order valence-electron chi connectivity index (χ1n) is 2.69. The number of nitrogens with zero attached hydrogens (tertiary/aromatic N) is 3. The van der Waals surface area contributed by atoms with Crippen molar-refractivity contribution >= 4 is 11.6 Å². The first-order chi connectivity index (χ1) is 5.25. The Bertz CT molecular complexity index is 223. The SMILES string of the molecule is CNNc1nonc1N(O)O. The summed E-state index contributed by atoms with van der Waals surface area (Å²) in [6, 6.07) is 0. The van der Waals surface area contributed by atoms with Gasteiger partial charge in [-0.3, -0.25) is 15.8 Å². The lowest BCUT2D eigenvalue weighted by molar-refractivity contribution is 0.0253. The summed E-state index contributed by atoms with van der Waals surface area (Å²) >= 11 is 0. The second-order valence-electron chi connectivity index (χ2n) is 1.60. The first-order valence-corrected chi connectivity index (χ1v) is 2.69. The second kappa shape index (κ2) is 3.14. The van der Waals surface area contributed by atoms with Crippen molar-refractivity contribution in [2.45, 2.75) is 0 Å². The van der Waals surface area contributed by atoms with Crippen molar-refractivity contribution in [3.63, 3.8) is 0 Å². The molecule has 11 heavy (non-hydrogen) atoms. The van der Waals surface area contributed by atoms with E-state index >= 15 is 0 Å². The molecule has 0 fully saturated rings. The normalized spacial score (nSPS) is 9.73. The lowest BCUT2D eigenvalue weighted by atomic mass is 10.7. The molecule has 0 atom stereocenters. The summed E-state index contributed by atoms with van der Waals surface area (Å²) in [5, 5.41) is 23.2. The standard InChI is InChI=1S/C3H7N5O3/c1-4-5-2-3(8(9)10)7-11-6-2/h4,9-10H,1H3,(H,5,6). The maximum absolute atomic E-state index is 8.48. The zero-order chi connectivity index (χ0) is 8.27. The van der Waals surface area contributed by atoms with Crippen LogP contribution in [0.5, 0.6) is 0 Å². The highest BCUT2D eigenvalue weighted by molar-refractivity contribution is 5.55. The lowest BCUT2D eigenvalue weighted by Gasteiger charge is -2.04. The zero-order valence-electron chi connectivity index (χ0n) is 5.64. The molecule has 8 heteroatoms. The van der Waals surface area contributed by atoms with Crippen LogP contribution in [0.15, 0.2) is 4.63 Å². The molecule has 4 N–H and O–H groups in total. The van der Waals surface area contributed by atoms with Crippen molar-refractivity contribution in [3.8, 4) is 0 Å². The van der Waals surface area contributed by atoms with Crippen LogP contribution in [-0.2, 0) is 0 Å². The van der Waals surface area contributed by atoms with Crippen LogP contribution in [0.1, 0.15) is 0 Å². The highest BCUT2D eigenvalue weighted by Gasteiger charge is 2.13. The van der Waals surface area contributed by atoms with E-state index in [9.17, 15) is 0 Å². The first kappa shape index (κ1) is 7.72. The second-order valence-corrected chi connectivity index (χ2v) is 1.60. The lowest BCUT2D eigenvalue weighted by Crippen LogP contribution is -2.19. The molecule has 62 valence electrons. The van der Waals surface area contributed by atoms with Gasteiger partial charge in [-0.2, -0.15) is 0 Å². The Labute approximate surface area is 61.3 Å². The van der Waals surface area contributed by atoms with Crippen molar-refractivity contribution in [2.24, 2.45) is 0 Å². The zero-order valence-corrected chi connectivity index (χ0v) is 5.64. The minimum atomic E-state index is -0.223. The molecule has 0 saturated heterocycles. The molecule has 0 aliphatic rings. The molecule has 0 unspecified atom stereocenters. The van der Waals surface area contributed by atoms with Crippen LogP contribution in [0.4, 0.5) is 11.6 Å². The molecular formula is C3H7N5O3. The smallest absolute Gasteiger partial charge is 0.271 e. The summed E-state index contributed by atoms with van der Waals surface area (Å²) in [6.45, 7) is 0. The number of anilines is 2. The molecule has 0 saturated carbocycles. The summed E-state index contributed by atoms with van der Waals surface area (Å²) in [6.07, 6.45) is 0. The van der Waals surface area contributed by atoms with Gasteiger partial charge in [-0.25, -0.2) is 10.1 Å². The minimum Gasteiger partial charge on any atom is -0.300 e. The van der Waals surface area contributed by atoms with Gasteiger partial charge >= 0.3 is 0 Å². The van der Waals surface area contributed by atoms with Gasteiger partial charge in [-0.15, -0.1) is 5.23 Å². The van der Waals surface area contributed by atoms with E-state index in [2.05, 4.69) is 25.8 Å². The van der Waals surface area contributed by atoms with Gasteiger partial charge < -0.3 is 0 Å². The molecule has 0 bridgehead atoms. The predicted molar refractivity (Wildman–Crippen MR) is 33.0 cm³/mol. The summed E-state index contributed by atoms with van der Waals surface area (Å²) in [4.78, 5) is 0. The van der Waals surface area contributed by atoms with Gasteiger partial charge in [-0.05, 0) is 10.3 Å². The van der Waals surface area contributed by atoms with Crippen molar-refractivity contribution in [3.05, 3.63) is 0 Å². The molecule has 1 rings (SSSR count). The molecule has 0 aliphatic carbocycles. The van der Waals surface area contributed by atoms with Crippen molar-refractivity contribution in [2.75, 3.05) is 17.7 Å². The van der Waals surface area contributed by atoms with Gasteiger partial charge in [0.05, 0.1) is 0 Å². The van der Waals surface area contributed by atoms with Crippen LogP contribution in [0, 0.1) is 0 Å². The van der Waals surface area contributed by atoms with E-state index < -0.39 is 0 Å². The highest BCUT2D eigenvalue weighted by Crippen LogP contribution is 2.16. The van der Waals surface area contributed by atoms with Gasteiger partial charge in [0, 0.05) is 7.05 Å². The summed E-state index contributed by atoms with van der Waals surface area (Å²) in [7, 11) is 1.58. The Balaban J connectivity index is 2.78. The van der Waals surface area contributed by atoms with Crippen LogP contribution in [0.3, 0.4) is 0 Å². The summed E-state index contributed by atoms with van der Waals surface area (Å²) in [5.41, 5.74) is 4.96. The van der Waals surface area contributed by atoms with Gasteiger partial charge in [0.15, 0.2) is 0 Å². The monoisotopic (exact) mass is 161 g/mol. The summed E-state index contributed by atoms with van der Waals surface area (Å²) in [5.74, 6) is -0.142. The van der Waals surface area contributed by atoms with Crippen molar-refractivity contribution in [1.82, 2.24) is 15.7 Å². The molecular weight excluding hydrogens is 154 g/mol. The van der Waals surface area contributed by atoms with E-state index in [1.807, 2.05) is 0 Å². The molecule has 0 radical (unpaired) electrons. The van der Waals surface area contributed by atoms with Gasteiger partial charge in [0.1, 0.15) is 0 Å². The van der Waals surface area contributed by atoms with E-state index in [4.69, 9.17) is 10.4 Å². The quantitative estimate of drug-likeness (QED) is 0.427. The number of hydrogen-bond donors (Lipinski definition) is 4. The molecule has 1 aromatic rings. The van der Waals surface area contributed by atoms with Crippen molar-refractivity contribution in [1.29, 1.82) is 0 Å². The predicted octanol–water partition coefficient (Wildman–Crippen LogP) is -0.799. The maximum Gasteiger partial charge on any atom is 0.271 e. The van der Waals surface area contributed by atoms with Crippen LogP contribution >= 0.6 is 0 Å². The molecule has 0 aliphatic heterocycles. The van der Waals surface area contributed by atoms with E-state index in [-0.39, 0.29) is 16.9 Å². The van der Waals surface area contributed by atoms with E-state index in [1.165, 1.54) is 0 Å². The Kier molecular flexibility index (Phi) is 2.21. The van der Waals surface area contributed by atoms with E-state index in [1.54, 1.807) is 7.05 Å². The Hall–Kier alpha value is -1.38. The number of nitrogens with one attached hydrogen (secondary N) is 2. The fourth-order valence-electron chi connectivity index (χ4n) is 0.512. The van der Waals surface area contributed by atoms with Gasteiger partial charge in [0.25, 0.3) is 5.82 Å². The molecule has 8 nitrogen and oxygen atoms in total. The third-order valence-corrected chi connectivity index (χ3v) is 0.904. The van der Waals surface area contributed by atoms with E-state index in [0.717, 1.165) is 0 Å². The van der Waals surface area contributed by atoms with Gasteiger partial charge in [0.2, 0.25) is 5.82 Å². The average Bonchev–Trinajstić information content (AvgIpc) is 2.36. The Morgan fingerprint density at radius 1 is 1.45 bits per heavy atom. The molecule has 0 amide bonds. The van der Waals surface area contributed by atoms with Crippen LogP contribution < -0.4 is 16.1 Å². The molecule has 0 spiro atoms. The minimum absolute atomic E-state index is 0.0810. The number of hydrogen-bond acceptors (Lipinski definition) is 8. The number of rotatable bonds is 3. The Morgan fingerprint density at radius 3 is 2.73 bits per heavy atom. The fraction of sp³-hybridized carbons (Fsp3) is 0.333. The average molecular weight is 161 g/mol. The molecule has 1 aromatic heterocycles. The topological polar surface area (TPSA) is 107 Å². The largest absolute Gasteiger partial charge is 0.300 e. The highest BCUT2D eigenvalue weighted by atomic mass is 16.8. The van der Waals surface area contributed by atoms with Crippen LogP contribution in [0.2, 0.25) is 0 Å². The maximum atomic E-state index is 8.48. The van der Waals surface area contributed by atoms with E-state index in [0.29, 0.717) is 0 Å². The van der Waals surface area contributed by atoms with Crippen LogP contribution in [0.25, 0.3) is 0 Å². The third-order valence-electron chi connectivity index (χ3n) is 0.904. The third kappa shape index (κ3) is 1.55. The number of hydrazine groups is 1. The molecule has 1 heterocycles. The number of aromatic nitrogens is 2. The van der Waals surface area contributed by atoms with Gasteiger partial charge in [-0.1, -0.05) is 0 Å². The van der Waals surface area contributed by atoms with Crippen molar-refractivity contribution < 1.29 is 15.0 Å².